The maximum absolute atomic E-state index is 13.3. The molecule has 2 rings (SSSR count). The first-order chi connectivity index (χ1) is 9.61. The molecule has 0 aliphatic carbocycles. The molecule has 1 fully saturated rings. The van der Waals surface area contributed by atoms with Gasteiger partial charge in [0.2, 0.25) is 6.43 Å². The second-order valence-corrected chi connectivity index (χ2v) is 4.81. The highest BCUT2D eigenvalue weighted by atomic mass is 19.3. The Hall–Kier alpha value is -1.27. The minimum Gasteiger partial charge on any atom is -0.496 e. The largest absolute Gasteiger partial charge is 0.496 e. The smallest absolute Gasteiger partial charge is 0.240 e. The molecule has 20 heavy (non-hydrogen) atoms. The number of piperazine rings is 1. The molecule has 1 aromatic carbocycles. The maximum Gasteiger partial charge on any atom is 0.240 e. The molecule has 112 valence electrons. The predicted octanol–water partition coefficient (Wildman–Crippen LogP) is 2.44. The zero-order valence-corrected chi connectivity index (χ0v) is 11.4. The van der Waals surface area contributed by atoms with Gasteiger partial charge in [0.05, 0.1) is 7.11 Å². The second-order valence-electron chi connectivity index (χ2n) is 4.81. The predicted molar refractivity (Wildman–Crippen MR) is 70.8 cm³/mol. The van der Waals surface area contributed by atoms with Gasteiger partial charge in [-0.25, -0.2) is 13.2 Å². The first-order valence-corrected chi connectivity index (χ1v) is 6.68. The van der Waals surface area contributed by atoms with Crippen LogP contribution in [0.3, 0.4) is 0 Å². The van der Waals surface area contributed by atoms with Crippen LogP contribution in [0.25, 0.3) is 0 Å². The lowest BCUT2D eigenvalue weighted by molar-refractivity contribution is 0.0729. The number of hydrogen-bond acceptors (Lipinski definition) is 3. The van der Waals surface area contributed by atoms with Crippen molar-refractivity contribution in [2.24, 2.45) is 0 Å². The minimum absolute atomic E-state index is 0.276. The first kappa shape index (κ1) is 15.1. The molecular formula is C14H19F3N2O. The standard InChI is InChI=1S/C14H19F3N2O/c1-20-13-8-10(15)2-3-11(13)12(9-14(16)17)19-6-4-18-5-7-19/h2-3,8,12,14,18H,4-7,9H2,1H3/t12-/m1/s1. The highest BCUT2D eigenvalue weighted by Gasteiger charge is 2.27. The number of benzene rings is 1. The van der Waals surface area contributed by atoms with Crippen LogP contribution in [-0.4, -0.2) is 44.6 Å². The molecule has 1 saturated heterocycles. The molecule has 0 radical (unpaired) electrons. The van der Waals surface area contributed by atoms with Gasteiger partial charge in [-0.05, 0) is 6.07 Å². The molecule has 0 unspecified atom stereocenters. The summed E-state index contributed by atoms with van der Waals surface area (Å²) in [7, 11) is 1.43. The average Bonchev–Trinajstić information content (AvgIpc) is 2.45. The summed E-state index contributed by atoms with van der Waals surface area (Å²) in [5, 5.41) is 3.19. The van der Waals surface area contributed by atoms with Crippen molar-refractivity contribution in [3.63, 3.8) is 0 Å². The third-order valence-electron chi connectivity index (χ3n) is 3.55. The van der Waals surface area contributed by atoms with Gasteiger partial charge in [-0.15, -0.1) is 0 Å². The fraction of sp³-hybridized carbons (Fsp3) is 0.571. The number of nitrogens with zero attached hydrogens (tertiary/aromatic N) is 1. The van der Waals surface area contributed by atoms with E-state index in [2.05, 4.69) is 5.32 Å². The van der Waals surface area contributed by atoms with Gasteiger partial charge in [-0.3, -0.25) is 4.90 Å². The number of alkyl halides is 2. The summed E-state index contributed by atoms with van der Waals surface area (Å²) in [6, 6.07) is 3.63. The van der Waals surface area contributed by atoms with Gasteiger partial charge in [0, 0.05) is 50.3 Å². The van der Waals surface area contributed by atoms with E-state index in [1.54, 1.807) is 6.07 Å². The van der Waals surface area contributed by atoms with Crippen molar-refractivity contribution in [1.29, 1.82) is 0 Å². The Labute approximate surface area is 116 Å². The zero-order chi connectivity index (χ0) is 14.5. The fourth-order valence-electron chi connectivity index (χ4n) is 2.60. The summed E-state index contributed by atoms with van der Waals surface area (Å²) >= 11 is 0. The van der Waals surface area contributed by atoms with Crippen LogP contribution in [0, 0.1) is 5.82 Å². The number of ether oxygens (including phenoxy) is 1. The molecule has 0 saturated carbocycles. The van der Waals surface area contributed by atoms with Gasteiger partial charge in [-0.2, -0.15) is 0 Å². The molecule has 3 nitrogen and oxygen atoms in total. The van der Waals surface area contributed by atoms with E-state index in [4.69, 9.17) is 4.74 Å². The summed E-state index contributed by atoms with van der Waals surface area (Å²) in [6.45, 7) is 2.92. The van der Waals surface area contributed by atoms with Crippen molar-refractivity contribution in [3.8, 4) is 5.75 Å². The third-order valence-corrected chi connectivity index (χ3v) is 3.55. The highest BCUT2D eigenvalue weighted by Crippen LogP contribution is 2.34. The Morgan fingerprint density at radius 1 is 1.30 bits per heavy atom. The van der Waals surface area contributed by atoms with Crippen LogP contribution < -0.4 is 10.1 Å². The quantitative estimate of drug-likeness (QED) is 0.900. The summed E-state index contributed by atoms with van der Waals surface area (Å²) < 4.78 is 44.2. The Morgan fingerprint density at radius 2 is 2.00 bits per heavy atom. The Balaban J connectivity index is 2.29. The van der Waals surface area contributed by atoms with E-state index in [1.165, 1.54) is 19.2 Å². The van der Waals surface area contributed by atoms with Crippen LogP contribution in [0.15, 0.2) is 18.2 Å². The molecule has 0 bridgehead atoms. The zero-order valence-electron chi connectivity index (χ0n) is 11.4. The number of hydrogen-bond donors (Lipinski definition) is 1. The van der Waals surface area contributed by atoms with E-state index in [1.807, 2.05) is 4.90 Å². The second kappa shape index (κ2) is 6.95. The third kappa shape index (κ3) is 3.64. The highest BCUT2D eigenvalue weighted by molar-refractivity contribution is 5.36. The monoisotopic (exact) mass is 288 g/mol. The molecule has 0 amide bonds. The number of rotatable bonds is 5. The molecule has 1 atom stereocenters. The first-order valence-electron chi connectivity index (χ1n) is 6.68. The van der Waals surface area contributed by atoms with Crippen molar-refractivity contribution in [2.45, 2.75) is 18.9 Å². The lowest BCUT2D eigenvalue weighted by Gasteiger charge is -2.35. The van der Waals surface area contributed by atoms with Crippen LogP contribution in [0.4, 0.5) is 13.2 Å². The molecule has 6 heteroatoms. The Bertz CT molecular complexity index is 436. The molecule has 0 aromatic heterocycles. The number of nitrogens with one attached hydrogen (secondary N) is 1. The van der Waals surface area contributed by atoms with Crippen LogP contribution in [0.1, 0.15) is 18.0 Å². The molecule has 1 aliphatic heterocycles. The molecule has 0 spiro atoms. The van der Waals surface area contributed by atoms with Crippen molar-refractivity contribution in [2.75, 3.05) is 33.3 Å². The van der Waals surface area contributed by atoms with E-state index < -0.39 is 18.3 Å². The molecule has 1 heterocycles. The van der Waals surface area contributed by atoms with Crippen molar-refractivity contribution < 1.29 is 17.9 Å². The van der Waals surface area contributed by atoms with Crippen molar-refractivity contribution in [3.05, 3.63) is 29.6 Å². The van der Waals surface area contributed by atoms with E-state index in [9.17, 15) is 13.2 Å². The van der Waals surface area contributed by atoms with Gasteiger partial charge < -0.3 is 10.1 Å². The summed E-state index contributed by atoms with van der Waals surface area (Å²) in [5.74, 6) is -0.101. The topological polar surface area (TPSA) is 24.5 Å². The van der Waals surface area contributed by atoms with Gasteiger partial charge >= 0.3 is 0 Å². The van der Waals surface area contributed by atoms with Crippen LogP contribution in [0.5, 0.6) is 5.75 Å². The molecule has 1 aliphatic rings. The summed E-state index contributed by atoms with van der Waals surface area (Å²) in [4.78, 5) is 2.00. The normalized spacial score (nSPS) is 18.2. The van der Waals surface area contributed by atoms with Crippen LogP contribution in [-0.2, 0) is 0 Å². The van der Waals surface area contributed by atoms with E-state index in [-0.39, 0.29) is 6.42 Å². The summed E-state index contributed by atoms with van der Waals surface area (Å²) in [6.07, 6.45) is -2.69. The number of halogens is 3. The van der Waals surface area contributed by atoms with Crippen LogP contribution in [0.2, 0.25) is 0 Å². The SMILES string of the molecule is COc1cc(F)ccc1[C@@H](CC(F)F)N1CCNCC1. The Kier molecular flexibility index (Phi) is 5.25. The van der Waals surface area contributed by atoms with Crippen LogP contribution >= 0.6 is 0 Å². The van der Waals surface area contributed by atoms with E-state index in [0.717, 1.165) is 13.1 Å². The average molecular weight is 288 g/mol. The maximum atomic E-state index is 13.3. The van der Waals surface area contributed by atoms with E-state index >= 15 is 0 Å². The fourth-order valence-corrected chi connectivity index (χ4v) is 2.60. The van der Waals surface area contributed by atoms with Gasteiger partial charge in [0.25, 0.3) is 0 Å². The molecule has 1 N–H and O–H groups in total. The lowest BCUT2D eigenvalue weighted by Crippen LogP contribution is -2.45. The molecular weight excluding hydrogens is 269 g/mol. The minimum atomic E-state index is -2.41. The number of methoxy groups -OCH3 is 1. The van der Waals surface area contributed by atoms with Gasteiger partial charge in [0.15, 0.2) is 0 Å². The van der Waals surface area contributed by atoms with Crippen molar-refractivity contribution in [1.82, 2.24) is 10.2 Å². The summed E-state index contributed by atoms with van der Waals surface area (Å²) in [5.41, 5.74) is 0.621. The van der Waals surface area contributed by atoms with Crippen molar-refractivity contribution >= 4 is 0 Å². The van der Waals surface area contributed by atoms with Gasteiger partial charge in [-0.1, -0.05) is 6.07 Å². The molecule has 1 aromatic rings. The Morgan fingerprint density at radius 3 is 2.60 bits per heavy atom. The lowest BCUT2D eigenvalue weighted by atomic mass is 10.00. The van der Waals surface area contributed by atoms with E-state index in [0.29, 0.717) is 24.4 Å². The van der Waals surface area contributed by atoms with Gasteiger partial charge in [0.1, 0.15) is 11.6 Å².